The molecule has 0 aliphatic heterocycles. The molecule has 3 rings (SSSR count). The van der Waals surface area contributed by atoms with E-state index >= 15 is 0 Å². The van der Waals surface area contributed by atoms with Crippen LogP contribution in [0.2, 0.25) is 0 Å². The SMILES string of the molecule is Cn1cc(O)n(CC(O)(CS(=O)(=O)c2ccc(Oc3ccccc3)cc2)C(=O)O)c1=O. The number of aliphatic hydroxyl groups is 1. The Balaban J connectivity index is 1.84. The molecule has 0 saturated carbocycles. The maximum Gasteiger partial charge on any atom is 0.338 e. The smallest absolute Gasteiger partial charge is 0.338 e. The van der Waals surface area contributed by atoms with Crippen LogP contribution >= 0.6 is 0 Å². The Kier molecular flexibility index (Phi) is 5.91. The molecule has 0 bridgehead atoms. The number of aliphatic carboxylic acids is 1. The zero-order valence-electron chi connectivity index (χ0n) is 16.4. The normalized spacial score (nSPS) is 13.5. The molecular formula is C20H20N2O8S. The summed E-state index contributed by atoms with van der Waals surface area (Å²) in [4.78, 5) is 23.5. The fourth-order valence-corrected chi connectivity index (χ4v) is 4.47. The average Bonchev–Trinajstić information content (AvgIpc) is 2.94. The van der Waals surface area contributed by atoms with Gasteiger partial charge in [-0.25, -0.2) is 18.0 Å². The molecule has 3 N–H and O–H groups in total. The van der Waals surface area contributed by atoms with Crippen LogP contribution in [0.3, 0.4) is 0 Å². The van der Waals surface area contributed by atoms with Crippen LogP contribution in [0.1, 0.15) is 0 Å². The molecule has 11 heteroatoms. The summed E-state index contributed by atoms with van der Waals surface area (Å²) in [6.45, 7) is -0.956. The predicted octanol–water partition coefficient (Wildman–Crippen LogP) is 0.974. The number of aromatic hydroxyl groups is 1. The van der Waals surface area contributed by atoms with Crippen molar-refractivity contribution in [2.45, 2.75) is 17.0 Å². The van der Waals surface area contributed by atoms with E-state index in [9.17, 15) is 33.3 Å². The van der Waals surface area contributed by atoms with Crippen molar-refractivity contribution in [1.82, 2.24) is 9.13 Å². The van der Waals surface area contributed by atoms with Crippen LogP contribution in [0.15, 0.2) is 70.5 Å². The maximum atomic E-state index is 12.8. The van der Waals surface area contributed by atoms with Crippen molar-refractivity contribution in [1.29, 1.82) is 0 Å². The van der Waals surface area contributed by atoms with Crippen molar-refractivity contribution in [3.8, 4) is 17.4 Å². The summed E-state index contributed by atoms with van der Waals surface area (Å²) < 4.78 is 32.7. The summed E-state index contributed by atoms with van der Waals surface area (Å²) in [6, 6.07) is 14.0. The number of ether oxygens (including phenoxy) is 1. The number of imidazole rings is 1. The molecule has 0 fully saturated rings. The minimum Gasteiger partial charge on any atom is -0.493 e. The third-order valence-corrected chi connectivity index (χ3v) is 6.37. The summed E-state index contributed by atoms with van der Waals surface area (Å²) >= 11 is 0. The van der Waals surface area contributed by atoms with Crippen molar-refractivity contribution in [3.05, 3.63) is 71.3 Å². The van der Waals surface area contributed by atoms with Crippen molar-refractivity contribution in [2.24, 2.45) is 7.05 Å². The van der Waals surface area contributed by atoms with Gasteiger partial charge in [-0.3, -0.25) is 9.13 Å². The summed E-state index contributed by atoms with van der Waals surface area (Å²) in [7, 11) is -2.97. The minimum atomic E-state index is -4.28. The lowest BCUT2D eigenvalue weighted by Gasteiger charge is -2.23. The van der Waals surface area contributed by atoms with E-state index in [1.165, 1.54) is 31.3 Å². The Hall–Kier alpha value is -3.57. The highest BCUT2D eigenvalue weighted by molar-refractivity contribution is 7.91. The van der Waals surface area contributed by atoms with Gasteiger partial charge in [-0.05, 0) is 36.4 Å². The largest absolute Gasteiger partial charge is 0.493 e. The standard InChI is InChI=1S/C20H20N2O8S/c1-21-11-17(23)22(19(21)26)12-20(27,18(24)25)13-31(28,29)16-9-7-15(8-10-16)30-14-5-3-2-4-6-14/h2-11,23,27H,12-13H2,1H3,(H,24,25). The minimum absolute atomic E-state index is 0.239. The van der Waals surface area contributed by atoms with E-state index in [-0.39, 0.29) is 4.90 Å². The second-order valence-corrected chi connectivity index (χ2v) is 8.94. The molecule has 0 radical (unpaired) electrons. The zero-order valence-corrected chi connectivity index (χ0v) is 17.2. The number of rotatable bonds is 8. The molecule has 0 aliphatic carbocycles. The fourth-order valence-electron chi connectivity index (χ4n) is 2.91. The highest BCUT2D eigenvalue weighted by Gasteiger charge is 2.43. The molecule has 31 heavy (non-hydrogen) atoms. The number of carbonyl (C=O) groups is 1. The monoisotopic (exact) mass is 448 g/mol. The van der Waals surface area contributed by atoms with Crippen LogP contribution in [0.5, 0.6) is 17.4 Å². The third-order valence-electron chi connectivity index (χ3n) is 4.53. The molecule has 0 amide bonds. The van der Waals surface area contributed by atoms with E-state index in [1.807, 2.05) is 6.07 Å². The van der Waals surface area contributed by atoms with Crippen LogP contribution in [-0.4, -0.2) is 50.2 Å². The molecule has 0 aliphatic rings. The van der Waals surface area contributed by atoms with Gasteiger partial charge < -0.3 is 20.1 Å². The van der Waals surface area contributed by atoms with Gasteiger partial charge in [0.05, 0.1) is 23.4 Å². The van der Waals surface area contributed by atoms with Gasteiger partial charge in [0.2, 0.25) is 5.88 Å². The van der Waals surface area contributed by atoms with Gasteiger partial charge >= 0.3 is 11.7 Å². The van der Waals surface area contributed by atoms with E-state index in [2.05, 4.69) is 0 Å². The van der Waals surface area contributed by atoms with Gasteiger partial charge in [-0.15, -0.1) is 0 Å². The number of nitrogens with zero attached hydrogens (tertiary/aromatic N) is 2. The van der Waals surface area contributed by atoms with E-state index < -0.39 is 45.3 Å². The van der Waals surface area contributed by atoms with Crippen LogP contribution in [0, 0.1) is 0 Å². The average molecular weight is 448 g/mol. The second-order valence-electron chi connectivity index (χ2n) is 6.95. The van der Waals surface area contributed by atoms with Gasteiger partial charge in [-0.2, -0.15) is 0 Å². The second kappa shape index (κ2) is 8.28. The topological polar surface area (TPSA) is 148 Å². The quantitative estimate of drug-likeness (QED) is 0.462. The summed E-state index contributed by atoms with van der Waals surface area (Å²) in [6.07, 6.45) is 1.02. The number of hydrogen-bond donors (Lipinski definition) is 3. The lowest BCUT2D eigenvalue weighted by molar-refractivity contribution is -0.157. The molecule has 0 saturated heterocycles. The Morgan fingerprint density at radius 2 is 1.65 bits per heavy atom. The summed E-state index contributed by atoms with van der Waals surface area (Å²) in [5, 5.41) is 29.8. The first kappa shape index (κ1) is 22.1. The number of benzene rings is 2. The number of hydrogen-bond acceptors (Lipinski definition) is 7. The lowest BCUT2D eigenvalue weighted by atomic mass is 10.1. The third kappa shape index (κ3) is 4.78. The van der Waals surface area contributed by atoms with Crippen LogP contribution in [-0.2, 0) is 28.2 Å². The first-order valence-electron chi connectivity index (χ1n) is 8.98. The molecule has 1 unspecified atom stereocenters. The zero-order chi connectivity index (χ0) is 22.8. The number of sulfone groups is 1. The van der Waals surface area contributed by atoms with Crippen LogP contribution in [0.4, 0.5) is 0 Å². The van der Waals surface area contributed by atoms with E-state index in [1.54, 1.807) is 24.3 Å². The molecule has 1 heterocycles. The number of para-hydroxylation sites is 1. The van der Waals surface area contributed by atoms with E-state index in [4.69, 9.17) is 4.74 Å². The molecule has 164 valence electrons. The Morgan fingerprint density at radius 3 is 2.16 bits per heavy atom. The maximum absolute atomic E-state index is 12.8. The molecule has 2 aromatic carbocycles. The number of aryl methyl sites for hydroxylation is 1. The first-order valence-corrected chi connectivity index (χ1v) is 10.6. The molecule has 1 aromatic heterocycles. The van der Waals surface area contributed by atoms with E-state index in [0.717, 1.165) is 10.8 Å². The van der Waals surface area contributed by atoms with E-state index in [0.29, 0.717) is 16.1 Å². The predicted molar refractivity (Wildman–Crippen MR) is 109 cm³/mol. The van der Waals surface area contributed by atoms with Crippen molar-refractivity contribution in [3.63, 3.8) is 0 Å². The molecular weight excluding hydrogens is 428 g/mol. The molecule has 3 aromatic rings. The van der Waals surface area contributed by atoms with Gasteiger partial charge in [0.15, 0.2) is 15.4 Å². The van der Waals surface area contributed by atoms with Crippen molar-refractivity contribution >= 4 is 15.8 Å². The lowest BCUT2D eigenvalue weighted by Crippen LogP contribution is -2.50. The first-order chi connectivity index (χ1) is 14.5. The molecule has 0 spiro atoms. The Labute approximate surface area is 177 Å². The Bertz CT molecular complexity index is 1250. The van der Waals surface area contributed by atoms with Gasteiger partial charge in [0.25, 0.3) is 0 Å². The fraction of sp³-hybridized carbons (Fsp3) is 0.200. The number of carboxylic acid groups (broad SMARTS) is 1. The van der Waals surface area contributed by atoms with Gasteiger partial charge in [-0.1, -0.05) is 18.2 Å². The molecule has 1 atom stereocenters. The van der Waals surface area contributed by atoms with Gasteiger partial charge in [0.1, 0.15) is 11.5 Å². The number of aromatic nitrogens is 2. The number of carboxylic acids is 1. The van der Waals surface area contributed by atoms with Crippen LogP contribution < -0.4 is 10.4 Å². The van der Waals surface area contributed by atoms with Gasteiger partial charge in [0, 0.05) is 7.05 Å². The Morgan fingerprint density at radius 1 is 1.06 bits per heavy atom. The summed E-state index contributed by atoms with van der Waals surface area (Å²) in [5.74, 6) is -2.76. The highest BCUT2D eigenvalue weighted by Crippen LogP contribution is 2.25. The van der Waals surface area contributed by atoms with Crippen molar-refractivity contribution in [2.75, 3.05) is 5.75 Å². The summed E-state index contributed by atoms with van der Waals surface area (Å²) in [5.41, 5.74) is -3.67. The molecule has 10 nitrogen and oxygen atoms in total. The van der Waals surface area contributed by atoms with Crippen LogP contribution in [0.25, 0.3) is 0 Å². The highest BCUT2D eigenvalue weighted by atomic mass is 32.2. The van der Waals surface area contributed by atoms with Crippen molar-refractivity contribution < 1.29 is 33.3 Å².